The minimum absolute atomic E-state index is 0.214. The molecule has 86 valence electrons. The standard InChI is InChI=1S/C9H11F4NO/c10-7(11)9(12,13)8(15)14-4-5-1-2-6(14)3-5/h5-7H,1-4H2. The van der Waals surface area contributed by atoms with Gasteiger partial charge in [0.2, 0.25) is 0 Å². The van der Waals surface area contributed by atoms with Crippen molar-refractivity contribution in [3.63, 3.8) is 0 Å². The molecule has 0 aromatic carbocycles. The quantitative estimate of drug-likeness (QED) is 0.657. The van der Waals surface area contributed by atoms with Gasteiger partial charge < -0.3 is 4.90 Å². The molecule has 1 amide bonds. The van der Waals surface area contributed by atoms with Crippen LogP contribution in [0, 0.1) is 5.92 Å². The molecule has 0 N–H and O–H groups in total. The van der Waals surface area contributed by atoms with E-state index in [4.69, 9.17) is 0 Å². The lowest BCUT2D eigenvalue weighted by Crippen LogP contribution is -2.50. The molecule has 6 heteroatoms. The van der Waals surface area contributed by atoms with Gasteiger partial charge in [-0.3, -0.25) is 4.79 Å². The number of fused-ring (bicyclic) bond motifs is 2. The molecular weight excluding hydrogens is 214 g/mol. The maximum Gasteiger partial charge on any atom is 0.383 e. The Hall–Kier alpha value is -0.810. The number of carbonyl (C=O) groups excluding carboxylic acids is 1. The summed E-state index contributed by atoms with van der Waals surface area (Å²) < 4.78 is 49.5. The van der Waals surface area contributed by atoms with Crippen molar-refractivity contribution in [3.8, 4) is 0 Å². The summed E-state index contributed by atoms with van der Waals surface area (Å²) >= 11 is 0. The van der Waals surface area contributed by atoms with Crippen molar-refractivity contribution in [2.24, 2.45) is 5.92 Å². The molecule has 1 aliphatic carbocycles. The molecule has 2 bridgehead atoms. The average molecular weight is 225 g/mol. The molecule has 1 aliphatic heterocycles. The summed E-state index contributed by atoms with van der Waals surface area (Å²) in [5.74, 6) is -6.00. The molecule has 2 aliphatic rings. The fourth-order valence-electron chi connectivity index (χ4n) is 2.46. The molecule has 2 unspecified atom stereocenters. The van der Waals surface area contributed by atoms with Gasteiger partial charge in [0.1, 0.15) is 0 Å². The van der Waals surface area contributed by atoms with Crippen LogP contribution in [-0.2, 0) is 4.79 Å². The molecule has 2 nitrogen and oxygen atoms in total. The van der Waals surface area contributed by atoms with Crippen LogP contribution in [0.25, 0.3) is 0 Å². The second-order valence-electron chi connectivity index (χ2n) is 4.21. The van der Waals surface area contributed by atoms with Gasteiger partial charge in [-0.05, 0) is 25.2 Å². The van der Waals surface area contributed by atoms with Crippen molar-refractivity contribution >= 4 is 5.91 Å². The Labute approximate surface area is 84.2 Å². The molecule has 0 radical (unpaired) electrons. The zero-order valence-electron chi connectivity index (χ0n) is 7.93. The first-order valence-corrected chi connectivity index (χ1v) is 4.90. The second kappa shape index (κ2) is 3.35. The van der Waals surface area contributed by atoms with Gasteiger partial charge in [-0.25, -0.2) is 8.78 Å². The van der Waals surface area contributed by atoms with Crippen LogP contribution in [0.15, 0.2) is 0 Å². The summed E-state index contributed by atoms with van der Waals surface area (Å²) in [4.78, 5) is 12.1. The predicted molar refractivity (Wildman–Crippen MR) is 43.8 cm³/mol. The smallest absolute Gasteiger partial charge is 0.334 e. The lowest BCUT2D eigenvalue weighted by Gasteiger charge is -2.29. The van der Waals surface area contributed by atoms with E-state index >= 15 is 0 Å². The maximum absolute atomic E-state index is 12.8. The lowest BCUT2D eigenvalue weighted by atomic mass is 10.1. The fourth-order valence-corrected chi connectivity index (χ4v) is 2.46. The second-order valence-corrected chi connectivity index (χ2v) is 4.21. The van der Waals surface area contributed by atoms with E-state index in [9.17, 15) is 22.4 Å². The van der Waals surface area contributed by atoms with Crippen molar-refractivity contribution in [2.75, 3.05) is 6.54 Å². The highest BCUT2D eigenvalue weighted by molar-refractivity contribution is 5.84. The first kappa shape index (κ1) is 10.7. The van der Waals surface area contributed by atoms with Crippen molar-refractivity contribution in [2.45, 2.75) is 37.7 Å². The van der Waals surface area contributed by atoms with Gasteiger partial charge >= 0.3 is 12.3 Å². The van der Waals surface area contributed by atoms with Crippen LogP contribution in [0.3, 0.4) is 0 Å². The van der Waals surface area contributed by atoms with Crippen LogP contribution in [0.1, 0.15) is 19.3 Å². The third kappa shape index (κ3) is 1.59. The highest BCUT2D eigenvalue weighted by Crippen LogP contribution is 2.40. The van der Waals surface area contributed by atoms with E-state index in [0.29, 0.717) is 12.8 Å². The highest BCUT2D eigenvalue weighted by atomic mass is 19.3. The number of hydrogen-bond donors (Lipinski definition) is 0. The molecule has 0 aromatic heterocycles. The molecule has 2 atom stereocenters. The van der Waals surface area contributed by atoms with Crippen LogP contribution in [0.2, 0.25) is 0 Å². The van der Waals surface area contributed by atoms with Crippen LogP contribution in [0.5, 0.6) is 0 Å². The number of amides is 1. The number of rotatable bonds is 2. The Bertz CT molecular complexity index is 281. The van der Waals surface area contributed by atoms with Gasteiger partial charge in [-0.15, -0.1) is 0 Å². The molecule has 2 fully saturated rings. The average Bonchev–Trinajstić information content (AvgIpc) is 2.76. The first-order chi connectivity index (χ1) is 6.93. The van der Waals surface area contributed by atoms with E-state index in [1.54, 1.807) is 0 Å². The summed E-state index contributed by atoms with van der Waals surface area (Å²) in [5, 5.41) is 0. The van der Waals surface area contributed by atoms with E-state index in [-0.39, 0.29) is 18.5 Å². The largest absolute Gasteiger partial charge is 0.383 e. The minimum Gasteiger partial charge on any atom is -0.334 e. The van der Waals surface area contributed by atoms with Crippen molar-refractivity contribution in [1.29, 1.82) is 0 Å². The number of likely N-dealkylation sites (tertiary alicyclic amines) is 1. The fraction of sp³-hybridized carbons (Fsp3) is 0.889. The molecule has 15 heavy (non-hydrogen) atoms. The lowest BCUT2D eigenvalue weighted by molar-refractivity contribution is -0.182. The molecule has 0 aromatic rings. The van der Waals surface area contributed by atoms with Crippen LogP contribution < -0.4 is 0 Å². The Kier molecular flexibility index (Phi) is 2.39. The van der Waals surface area contributed by atoms with Gasteiger partial charge in [-0.2, -0.15) is 8.78 Å². The Morgan fingerprint density at radius 2 is 2.00 bits per heavy atom. The van der Waals surface area contributed by atoms with E-state index in [2.05, 4.69) is 0 Å². The van der Waals surface area contributed by atoms with Gasteiger partial charge in [0.15, 0.2) is 0 Å². The zero-order valence-corrected chi connectivity index (χ0v) is 7.93. The van der Waals surface area contributed by atoms with Crippen LogP contribution in [-0.4, -0.2) is 35.7 Å². The summed E-state index contributed by atoms with van der Waals surface area (Å²) in [7, 11) is 0. The predicted octanol–water partition coefficient (Wildman–Crippen LogP) is 1.90. The molecule has 1 saturated carbocycles. The van der Waals surface area contributed by atoms with E-state index in [1.165, 1.54) is 0 Å². The third-order valence-corrected chi connectivity index (χ3v) is 3.23. The normalized spacial score (nSPS) is 30.3. The van der Waals surface area contributed by atoms with Crippen molar-refractivity contribution < 1.29 is 22.4 Å². The highest BCUT2D eigenvalue weighted by Gasteiger charge is 2.54. The number of alkyl halides is 4. The zero-order chi connectivity index (χ0) is 11.2. The first-order valence-electron chi connectivity index (χ1n) is 4.90. The number of nitrogens with zero attached hydrogens (tertiary/aromatic N) is 1. The number of piperidine rings is 1. The summed E-state index contributed by atoms with van der Waals surface area (Å²) in [6, 6.07) is -0.243. The maximum atomic E-state index is 12.8. The molecular formula is C9H11F4NO. The molecule has 1 saturated heterocycles. The number of carbonyl (C=O) groups is 1. The molecule has 1 heterocycles. The van der Waals surface area contributed by atoms with Gasteiger partial charge in [-0.1, -0.05) is 0 Å². The van der Waals surface area contributed by atoms with Crippen molar-refractivity contribution in [3.05, 3.63) is 0 Å². The van der Waals surface area contributed by atoms with E-state index in [0.717, 1.165) is 11.3 Å². The molecule has 2 rings (SSSR count). The molecule has 0 spiro atoms. The SMILES string of the molecule is O=C(N1CC2CCC1C2)C(F)(F)C(F)F. The number of hydrogen-bond acceptors (Lipinski definition) is 1. The Morgan fingerprint density at radius 1 is 1.33 bits per heavy atom. The topological polar surface area (TPSA) is 20.3 Å². The summed E-state index contributed by atoms with van der Waals surface area (Å²) in [6.07, 6.45) is -1.65. The van der Waals surface area contributed by atoms with Crippen molar-refractivity contribution in [1.82, 2.24) is 4.90 Å². The van der Waals surface area contributed by atoms with E-state index in [1.807, 2.05) is 0 Å². The minimum atomic E-state index is -4.52. The van der Waals surface area contributed by atoms with Crippen LogP contribution in [0.4, 0.5) is 17.6 Å². The summed E-state index contributed by atoms with van der Waals surface area (Å²) in [6.45, 7) is 0.214. The number of halogens is 4. The van der Waals surface area contributed by atoms with Crippen LogP contribution >= 0.6 is 0 Å². The van der Waals surface area contributed by atoms with Gasteiger partial charge in [0.05, 0.1) is 0 Å². The van der Waals surface area contributed by atoms with Gasteiger partial charge in [0, 0.05) is 12.6 Å². The summed E-state index contributed by atoms with van der Waals surface area (Å²) in [5.41, 5.74) is 0. The third-order valence-electron chi connectivity index (χ3n) is 3.23. The van der Waals surface area contributed by atoms with E-state index < -0.39 is 18.3 Å². The Morgan fingerprint density at radius 3 is 2.40 bits per heavy atom. The monoisotopic (exact) mass is 225 g/mol. The van der Waals surface area contributed by atoms with Gasteiger partial charge in [0.25, 0.3) is 5.91 Å². The Balaban J connectivity index is 2.09.